The van der Waals surface area contributed by atoms with E-state index in [0.717, 1.165) is 5.56 Å². The number of hydrogen-bond acceptors (Lipinski definition) is 6. The van der Waals surface area contributed by atoms with Crippen molar-refractivity contribution in [3.63, 3.8) is 0 Å². The Hall–Kier alpha value is -2.28. The highest BCUT2D eigenvalue weighted by atomic mass is 16.6. The molecule has 7 nitrogen and oxygen atoms in total. The molecule has 0 aliphatic rings. The lowest BCUT2D eigenvalue weighted by molar-refractivity contribution is -0.384. The molecule has 100 valence electrons. The molecule has 1 aromatic heterocycles. The molecule has 1 heterocycles. The summed E-state index contributed by atoms with van der Waals surface area (Å²) in [5.41, 5.74) is 1.05. The van der Waals surface area contributed by atoms with Crippen molar-refractivity contribution in [2.24, 2.45) is 0 Å². The van der Waals surface area contributed by atoms with Gasteiger partial charge in [-0.05, 0) is 12.5 Å². The monoisotopic (exact) mass is 262 g/mol. The SMILES string of the molecule is Cc1nc(CNC(C)c2ccc([N+](=O)[O-])cc2)no1. The van der Waals surface area contributed by atoms with Crippen molar-refractivity contribution in [1.82, 2.24) is 15.5 Å². The number of aromatic nitrogens is 2. The molecule has 0 saturated heterocycles. The molecule has 7 heteroatoms. The van der Waals surface area contributed by atoms with E-state index in [2.05, 4.69) is 15.5 Å². The zero-order valence-corrected chi connectivity index (χ0v) is 10.7. The van der Waals surface area contributed by atoms with E-state index in [-0.39, 0.29) is 11.7 Å². The fourth-order valence-corrected chi connectivity index (χ4v) is 1.66. The normalized spacial score (nSPS) is 12.3. The van der Waals surface area contributed by atoms with Gasteiger partial charge in [-0.15, -0.1) is 0 Å². The van der Waals surface area contributed by atoms with Gasteiger partial charge >= 0.3 is 0 Å². The Morgan fingerprint density at radius 1 is 1.42 bits per heavy atom. The highest BCUT2D eigenvalue weighted by Crippen LogP contribution is 2.17. The van der Waals surface area contributed by atoms with Crippen molar-refractivity contribution in [3.05, 3.63) is 51.7 Å². The largest absolute Gasteiger partial charge is 0.340 e. The average molecular weight is 262 g/mol. The number of benzene rings is 1. The summed E-state index contributed by atoms with van der Waals surface area (Å²) in [5.74, 6) is 1.12. The predicted octanol–water partition coefficient (Wildman–Crippen LogP) is 2.14. The van der Waals surface area contributed by atoms with Crippen molar-refractivity contribution in [1.29, 1.82) is 0 Å². The smallest absolute Gasteiger partial charge is 0.269 e. The minimum Gasteiger partial charge on any atom is -0.340 e. The maximum absolute atomic E-state index is 10.6. The van der Waals surface area contributed by atoms with Crippen molar-refractivity contribution in [2.45, 2.75) is 26.4 Å². The molecule has 1 aromatic carbocycles. The maximum atomic E-state index is 10.6. The summed E-state index contributed by atoms with van der Waals surface area (Å²) in [6.07, 6.45) is 0. The summed E-state index contributed by atoms with van der Waals surface area (Å²) in [6.45, 7) is 4.18. The van der Waals surface area contributed by atoms with Crippen LogP contribution in [-0.4, -0.2) is 15.1 Å². The first kappa shape index (κ1) is 13.2. The summed E-state index contributed by atoms with van der Waals surface area (Å²) in [5, 5.41) is 17.6. The maximum Gasteiger partial charge on any atom is 0.269 e. The molecule has 0 bridgehead atoms. The molecule has 2 aromatic rings. The molecule has 1 N–H and O–H groups in total. The number of aryl methyl sites for hydroxylation is 1. The lowest BCUT2D eigenvalue weighted by atomic mass is 10.1. The van der Waals surface area contributed by atoms with Crippen LogP contribution in [0.4, 0.5) is 5.69 Å². The molecule has 19 heavy (non-hydrogen) atoms. The van der Waals surface area contributed by atoms with Gasteiger partial charge in [0.25, 0.3) is 5.69 Å². The number of nitrogens with one attached hydrogen (secondary N) is 1. The van der Waals surface area contributed by atoms with Crippen LogP contribution in [0.25, 0.3) is 0 Å². The average Bonchev–Trinajstić information content (AvgIpc) is 2.82. The first-order valence-electron chi connectivity index (χ1n) is 5.83. The topological polar surface area (TPSA) is 94.1 Å². The molecule has 0 fully saturated rings. The van der Waals surface area contributed by atoms with Crippen LogP contribution < -0.4 is 5.32 Å². The Balaban J connectivity index is 1.95. The minimum absolute atomic E-state index is 0.0413. The van der Waals surface area contributed by atoms with E-state index in [9.17, 15) is 10.1 Å². The molecule has 1 unspecified atom stereocenters. The van der Waals surface area contributed by atoms with Gasteiger partial charge in [0.1, 0.15) is 0 Å². The van der Waals surface area contributed by atoms with Gasteiger partial charge in [-0.3, -0.25) is 10.1 Å². The molecular formula is C12H14N4O3. The van der Waals surface area contributed by atoms with Crippen molar-refractivity contribution in [3.8, 4) is 0 Å². The zero-order valence-electron chi connectivity index (χ0n) is 10.7. The van der Waals surface area contributed by atoms with Gasteiger partial charge in [0, 0.05) is 25.1 Å². The second-order valence-corrected chi connectivity index (χ2v) is 4.18. The Morgan fingerprint density at radius 2 is 2.11 bits per heavy atom. The molecule has 2 rings (SSSR count). The fraction of sp³-hybridized carbons (Fsp3) is 0.333. The molecule has 1 atom stereocenters. The van der Waals surface area contributed by atoms with Crippen LogP contribution in [0.1, 0.15) is 30.2 Å². The first-order valence-corrected chi connectivity index (χ1v) is 5.83. The van der Waals surface area contributed by atoms with Gasteiger partial charge in [0.05, 0.1) is 11.5 Å². The second kappa shape index (κ2) is 5.57. The number of hydrogen-bond donors (Lipinski definition) is 1. The van der Waals surface area contributed by atoms with Gasteiger partial charge in [0.2, 0.25) is 5.89 Å². The van der Waals surface area contributed by atoms with Crippen LogP contribution >= 0.6 is 0 Å². The lowest BCUT2D eigenvalue weighted by Crippen LogP contribution is -2.18. The highest BCUT2D eigenvalue weighted by molar-refractivity contribution is 5.34. The van der Waals surface area contributed by atoms with Crippen LogP contribution in [0.3, 0.4) is 0 Å². The van der Waals surface area contributed by atoms with Crippen molar-refractivity contribution < 1.29 is 9.45 Å². The molecule has 0 aliphatic heterocycles. The molecule has 0 amide bonds. The second-order valence-electron chi connectivity index (χ2n) is 4.18. The van der Waals surface area contributed by atoms with Crippen LogP contribution in [-0.2, 0) is 6.54 Å². The van der Waals surface area contributed by atoms with Crippen LogP contribution in [0.2, 0.25) is 0 Å². The number of nitrogens with zero attached hydrogens (tertiary/aromatic N) is 3. The summed E-state index contributed by atoms with van der Waals surface area (Å²) in [6, 6.07) is 6.49. The Bertz CT molecular complexity index is 565. The number of nitro benzene ring substituents is 1. The minimum atomic E-state index is -0.413. The quantitative estimate of drug-likeness (QED) is 0.655. The molecule has 0 radical (unpaired) electrons. The summed E-state index contributed by atoms with van der Waals surface area (Å²) < 4.78 is 4.87. The van der Waals surface area contributed by atoms with E-state index >= 15 is 0 Å². The summed E-state index contributed by atoms with van der Waals surface area (Å²) in [7, 11) is 0. The highest BCUT2D eigenvalue weighted by Gasteiger charge is 2.10. The Labute approximate surface area is 109 Å². The Kier molecular flexibility index (Phi) is 3.86. The lowest BCUT2D eigenvalue weighted by Gasteiger charge is -2.12. The third kappa shape index (κ3) is 3.35. The molecular weight excluding hydrogens is 248 g/mol. The standard InChI is InChI=1S/C12H14N4O3/c1-8(13-7-12-14-9(2)19-15-12)10-3-5-11(6-4-10)16(17)18/h3-6,8,13H,7H2,1-2H3. The summed E-state index contributed by atoms with van der Waals surface area (Å²) >= 11 is 0. The van der Waals surface area contributed by atoms with Gasteiger partial charge < -0.3 is 9.84 Å². The van der Waals surface area contributed by atoms with Crippen molar-refractivity contribution in [2.75, 3.05) is 0 Å². The van der Waals surface area contributed by atoms with E-state index in [4.69, 9.17) is 4.52 Å². The van der Waals surface area contributed by atoms with E-state index in [1.165, 1.54) is 12.1 Å². The van der Waals surface area contributed by atoms with Crippen LogP contribution in [0.5, 0.6) is 0 Å². The molecule has 0 saturated carbocycles. The van der Waals surface area contributed by atoms with E-state index in [0.29, 0.717) is 18.3 Å². The van der Waals surface area contributed by atoms with Crippen LogP contribution in [0, 0.1) is 17.0 Å². The number of non-ortho nitro benzene ring substituents is 1. The van der Waals surface area contributed by atoms with Gasteiger partial charge in [-0.25, -0.2) is 0 Å². The van der Waals surface area contributed by atoms with Crippen LogP contribution in [0.15, 0.2) is 28.8 Å². The Morgan fingerprint density at radius 3 is 2.63 bits per heavy atom. The third-order valence-electron chi connectivity index (χ3n) is 2.74. The number of nitro groups is 1. The number of rotatable bonds is 5. The van der Waals surface area contributed by atoms with Gasteiger partial charge in [-0.2, -0.15) is 4.98 Å². The van der Waals surface area contributed by atoms with Gasteiger partial charge in [0.15, 0.2) is 5.82 Å². The molecule has 0 aliphatic carbocycles. The first-order chi connectivity index (χ1) is 9.06. The van der Waals surface area contributed by atoms with E-state index in [1.54, 1.807) is 19.1 Å². The fourth-order valence-electron chi connectivity index (χ4n) is 1.66. The third-order valence-corrected chi connectivity index (χ3v) is 2.74. The van der Waals surface area contributed by atoms with E-state index in [1.807, 2.05) is 6.92 Å². The predicted molar refractivity (Wildman–Crippen MR) is 67.4 cm³/mol. The van der Waals surface area contributed by atoms with Crippen molar-refractivity contribution >= 4 is 5.69 Å². The molecule has 0 spiro atoms. The zero-order chi connectivity index (χ0) is 13.8. The van der Waals surface area contributed by atoms with Gasteiger partial charge in [-0.1, -0.05) is 17.3 Å². The summed E-state index contributed by atoms with van der Waals surface area (Å²) in [4.78, 5) is 14.2. The van der Waals surface area contributed by atoms with E-state index < -0.39 is 4.92 Å².